The number of rotatable bonds is 5. The molecule has 0 unspecified atom stereocenters. The number of hydrogen-bond acceptors (Lipinski definition) is 9. The summed E-state index contributed by atoms with van der Waals surface area (Å²) in [4.78, 5) is 18.1. The van der Waals surface area contributed by atoms with Crippen molar-refractivity contribution in [2.75, 3.05) is 50.9 Å². The number of aryl methyl sites for hydroxylation is 1. The monoisotopic (exact) mass is 477 g/mol. The maximum Gasteiger partial charge on any atom is 0.236 e. The number of thiophene rings is 1. The Morgan fingerprint density at radius 1 is 1.03 bits per heavy atom. The van der Waals surface area contributed by atoms with Crippen LogP contribution in [0.3, 0.4) is 0 Å². The summed E-state index contributed by atoms with van der Waals surface area (Å²) >= 11 is 1.60. The Labute approximate surface area is 201 Å². The molecule has 0 bridgehead atoms. The van der Waals surface area contributed by atoms with Crippen molar-refractivity contribution in [2.24, 2.45) is 0 Å². The minimum absolute atomic E-state index is 0.553. The number of benzene rings is 1. The molecule has 0 amide bonds. The zero-order valence-electron chi connectivity index (χ0n) is 19.4. The average molecular weight is 478 g/mol. The normalized spacial score (nSPS) is 15.8. The van der Waals surface area contributed by atoms with E-state index in [0.717, 1.165) is 81.7 Å². The Morgan fingerprint density at radius 3 is 2.65 bits per heavy atom. The molecule has 0 radical (unpaired) electrons. The van der Waals surface area contributed by atoms with Crippen LogP contribution in [0.15, 0.2) is 24.3 Å². The zero-order chi connectivity index (χ0) is 23.1. The van der Waals surface area contributed by atoms with Gasteiger partial charge in [0.1, 0.15) is 28.3 Å². The van der Waals surface area contributed by atoms with E-state index in [9.17, 15) is 0 Å². The third-order valence-electron chi connectivity index (χ3n) is 6.23. The summed E-state index contributed by atoms with van der Waals surface area (Å²) < 4.78 is 18.4. The minimum atomic E-state index is 0.553. The average Bonchev–Trinajstić information content (AvgIpc) is 3.27. The maximum atomic E-state index is 5.99. The molecule has 0 aliphatic carbocycles. The highest BCUT2D eigenvalue weighted by molar-refractivity contribution is 7.25. The molecule has 2 aliphatic heterocycles. The van der Waals surface area contributed by atoms with E-state index in [2.05, 4.69) is 23.2 Å². The third kappa shape index (κ3) is 3.69. The first kappa shape index (κ1) is 21.4. The van der Waals surface area contributed by atoms with E-state index < -0.39 is 0 Å². The van der Waals surface area contributed by atoms with Crippen LogP contribution in [-0.4, -0.2) is 61.0 Å². The fraction of sp³-hybridized carbons (Fsp3) is 0.400. The second-order valence-corrected chi connectivity index (χ2v) is 9.34. The number of hydrogen-bond donors (Lipinski definition) is 1. The summed E-state index contributed by atoms with van der Waals surface area (Å²) in [7, 11) is 0. The SMILES string of the molecule is CCOc1nc(N2CCNCC2)nc2c1sc1nc(-c3ccc4c(c3)OCCO4)cc(CC)c12. The van der Waals surface area contributed by atoms with Gasteiger partial charge in [0.2, 0.25) is 11.8 Å². The first-order valence-electron chi connectivity index (χ1n) is 11.9. The van der Waals surface area contributed by atoms with Gasteiger partial charge in [-0.05, 0) is 43.2 Å². The van der Waals surface area contributed by atoms with Gasteiger partial charge in [-0.25, -0.2) is 9.97 Å². The summed E-state index contributed by atoms with van der Waals surface area (Å²) in [5.41, 5.74) is 4.08. The Balaban J connectivity index is 1.52. The van der Waals surface area contributed by atoms with Crippen LogP contribution in [0.5, 0.6) is 17.4 Å². The molecule has 0 spiro atoms. The molecule has 176 valence electrons. The van der Waals surface area contributed by atoms with Crippen LogP contribution in [-0.2, 0) is 6.42 Å². The number of fused-ring (bicyclic) bond motifs is 4. The standard InChI is InChI=1S/C25H27N5O3S/c1-3-15-13-17(16-5-6-18-19(14-16)33-12-11-32-18)27-24-20(15)21-22(34-24)23(31-4-2)29-25(28-21)30-9-7-26-8-10-30/h5-6,13-14,26H,3-4,7-12H2,1-2H3. The lowest BCUT2D eigenvalue weighted by molar-refractivity contribution is 0.171. The third-order valence-corrected chi connectivity index (χ3v) is 7.29. The summed E-state index contributed by atoms with van der Waals surface area (Å²) in [6.07, 6.45) is 0.874. The molecule has 8 nitrogen and oxygen atoms in total. The molecular formula is C25H27N5O3S. The van der Waals surface area contributed by atoms with E-state index >= 15 is 0 Å². The molecule has 2 aliphatic rings. The number of ether oxygens (including phenoxy) is 3. The highest BCUT2D eigenvalue weighted by atomic mass is 32.1. The van der Waals surface area contributed by atoms with Gasteiger partial charge in [0, 0.05) is 37.1 Å². The van der Waals surface area contributed by atoms with Gasteiger partial charge in [-0.15, -0.1) is 11.3 Å². The molecule has 0 atom stereocenters. The molecule has 4 aromatic rings. The zero-order valence-corrected chi connectivity index (χ0v) is 20.2. The molecule has 0 saturated carbocycles. The van der Waals surface area contributed by atoms with Crippen molar-refractivity contribution in [3.63, 3.8) is 0 Å². The van der Waals surface area contributed by atoms with Gasteiger partial charge in [-0.1, -0.05) is 6.92 Å². The Bertz CT molecular complexity index is 1370. The van der Waals surface area contributed by atoms with Crippen molar-refractivity contribution >= 4 is 37.7 Å². The van der Waals surface area contributed by atoms with E-state index in [4.69, 9.17) is 29.2 Å². The Morgan fingerprint density at radius 2 is 1.85 bits per heavy atom. The van der Waals surface area contributed by atoms with Crippen LogP contribution in [0.4, 0.5) is 5.95 Å². The van der Waals surface area contributed by atoms with Gasteiger partial charge in [0.05, 0.1) is 12.3 Å². The van der Waals surface area contributed by atoms with Gasteiger partial charge < -0.3 is 24.4 Å². The van der Waals surface area contributed by atoms with Crippen molar-refractivity contribution in [3.05, 3.63) is 29.8 Å². The largest absolute Gasteiger partial charge is 0.486 e. The first-order chi connectivity index (χ1) is 16.7. The van der Waals surface area contributed by atoms with Crippen molar-refractivity contribution in [1.82, 2.24) is 20.3 Å². The second-order valence-electron chi connectivity index (χ2n) is 8.34. The molecule has 5 heterocycles. The molecule has 1 N–H and O–H groups in total. The lowest BCUT2D eigenvalue weighted by Gasteiger charge is -2.27. The minimum Gasteiger partial charge on any atom is -0.486 e. The number of piperazine rings is 1. The van der Waals surface area contributed by atoms with E-state index in [1.165, 1.54) is 5.56 Å². The summed E-state index contributed by atoms with van der Waals surface area (Å²) in [6.45, 7) is 9.48. The van der Waals surface area contributed by atoms with Crippen molar-refractivity contribution < 1.29 is 14.2 Å². The molecule has 34 heavy (non-hydrogen) atoms. The Hall–Kier alpha value is -3.17. The fourth-order valence-corrected chi connectivity index (χ4v) is 5.65. The van der Waals surface area contributed by atoms with Crippen LogP contribution >= 0.6 is 11.3 Å². The van der Waals surface area contributed by atoms with Crippen LogP contribution in [0.25, 0.3) is 31.7 Å². The quantitative estimate of drug-likeness (QED) is 0.461. The highest BCUT2D eigenvalue weighted by Crippen LogP contribution is 2.42. The topological polar surface area (TPSA) is 81.6 Å². The van der Waals surface area contributed by atoms with Crippen LogP contribution in [0.1, 0.15) is 19.4 Å². The summed E-state index contributed by atoms with van der Waals surface area (Å²) in [5, 5.41) is 4.49. The fourth-order valence-electron chi connectivity index (χ4n) is 4.55. The predicted octanol–water partition coefficient (Wildman–Crippen LogP) is 4.05. The second kappa shape index (κ2) is 8.88. The van der Waals surface area contributed by atoms with Crippen LogP contribution in [0, 0.1) is 0 Å². The highest BCUT2D eigenvalue weighted by Gasteiger charge is 2.22. The maximum absolute atomic E-state index is 5.99. The lowest BCUT2D eigenvalue weighted by Crippen LogP contribution is -2.44. The van der Waals surface area contributed by atoms with Gasteiger partial charge >= 0.3 is 0 Å². The number of anilines is 1. The predicted molar refractivity (Wildman–Crippen MR) is 135 cm³/mol. The van der Waals surface area contributed by atoms with Gasteiger partial charge in [0.25, 0.3) is 0 Å². The van der Waals surface area contributed by atoms with E-state index in [1.54, 1.807) is 11.3 Å². The molecular weight excluding hydrogens is 450 g/mol. The van der Waals surface area contributed by atoms with Crippen LogP contribution in [0.2, 0.25) is 0 Å². The summed E-state index contributed by atoms with van der Waals surface area (Å²) in [5.74, 6) is 2.93. The number of nitrogens with zero attached hydrogens (tertiary/aromatic N) is 4. The van der Waals surface area contributed by atoms with E-state index in [1.807, 2.05) is 25.1 Å². The first-order valence-corrected chi connectivity index (χ1v) is 12.7. The van der Waals surface area contributed by atoms with E-state index in [0.29, 0.717) is 25.7 Å². The molecule has 9 heteroatoms. The van der Waals surface area contributed by atoms with Gasteiger partial charge in [-0.2, -0.15) is 4.98 Å². The molecule has 6 rings (SSSR count). The number of pyridine rings is 1. The van der Waals surface area contributed by atoms with Crippen molar-refractivity contribution in [3.8, 4) is 28.6 Å². The number of aromatic nitrogens is 3. The smallest absolute Gasteiger partial charge is 0.236 e. The van der Waals surface area contributed by atoms with Crippen molar-refractivity contribution in [2.45, 2.75) is 20.3 Å². The summed E-state index contributed by atoms with van der Waals surface area (Å²) in [6, 6.07) is 8.20. The molecule has 1 aromatic carbocycles. The number of nitrogens with one attached hydrogen (secondary N) is 1. The van der Waals surface area contributed by atoms with Gasteiger partial charge in [0.15, 0.2) is 11.5 Å². The lowest BCUT2D eigenvalue weighted by atomic mass is 10.0. The Kier molecular flexibility index (Phi) is 5.58. The molecule has 1 fully saturated rings. The van der Waals surface area contributed by atoms with Crippen LogP contribution < -0.4 is 24.4 Å². The molecule has 3 aromatic heterocycles. The van der Waals surface area contributed by atoms with Gasteiger partial charge in [-0.3, -0.25) is 0 Å². The van der Waals surface area contributed by atoms with Crippen molar-refractivity contribution in [1.29, 1.82) is 0 Å². The molecule has 1 saturated heterocycles. The van der Waals surface area contributed by atoms with E-state index in [-0.39, 0.29) is 0 Å².